The van der Waals surface area contributed by atoms with Crippen molar-refractivity contribution in [2.45, 2.75) is 31.9 Å². The van der Waals surface area contributed by atoms with Gasteiger partial charge in [-0.1, -0.05) is 36.4 Å². The van der Waals surface area contributed by atoms with E-state index in [0.717, 1.165) is 46.6 Å². The van der Waals surface area contributed by atoms with E-state index in [9.17, 15) is 23.9 Å². The summed E-state index contributed by atoms with van der Waals surface area (Å²) in [5, 5.41) is 23.1. The molecule has 47 heavy (non-hydrogen) atoms. The number of halogens is 3. The van der Waals surface area contributed by atoms with Crippen LogP contribution >= 0.6 is 11.6 Å². The van der Waals surface area contributed by atoms with Gasteiger partial charge < -0.3 is 19.6 Å². The normalized spacial score (nSPS) is 19.0. The molecule has 4 heterocycles. The van der Waals surface area contributed by atoms with E-state index in [-0.39, 0.29) is 41.5 Å². The van der Waals surface area contributed by atoms with Crippen LogP contribution in [0.15, 0.2) is 54.8 Å². The highest BCUT2D eigenvalue weighted by atomic mass is 35.5. The van der Waals surface area contributed by atoms with Crippen LogP contribution in [0.4, 0.5) is 20.3 Å². The molecule has 1 saturated carbocycles. The summed E-state index contributed by atoms with van der Waals surface area (Å²) in [7, 11) is 0. The number of benzene rings is 2. The maximum atomic E-state index is 14.6. The maximum Gasteiger partial charge on any atom is 0.318 e. The van der Waals surface area contributed by atoms with E-state index in [0.29, 0.717) is 50.4 Å². The molecule has 3 aromatic rings. The van der Waals surface area contributed by atoms with Crippen molar-refractivity contribution in [1.82, 2.24) is 25.1 Å². The number of ether oxygens (including phenoxy) is 1. The van der Waals surface area contributed by atoms with Crippen LogP contribution in [-0.4, -0.2) is 82.8 Å². The van der Waals surface area contributed by atoms with Gasteiger partial charge in [-0.05, 0) is 36.8 Å². The summed E-state index contributed by atoms with van der Waals surface area (Å²) in [6.07, 6.45) is 5.63. The average molecular weight is 663 g/mol. The number of carbonyl (C=O) groups is 1. The van der Waals surface area contributed by atoms with Crippen LogP contribution in [0.2, 0.25) is 5.02 Å². The highest BCUT2D eigenvalue weighted by molar-refractivity contribution is 6.36. The van der Waals surface area contributed by atoms with Crippen LogP contribution in [0.1, 0.15) is 24.1 Å². The molecule has 0 radical (unpaired) electrons. The number of nitriles is 1. The van der Waals surface area contributed by atoms with E-state index < -0.39 is 17.6 Å². The number of fused-ring (bicyclic) bond motifs is 2. The number of aromatic nitrogens is 2. The Labute approximate surface area is 275 Å². The predicted molar refractivity (Wildman–Crippen MR) is 171 cm³/mol. The largest absolute Gasteiger partial charge is 0.463 e. The van der Waals surface area contributed by atoms with Gasteiger partial charge in [0.05, 0.1) is 30.0 Å². The van der Waals surface area contributed by atoms with Crippen LogP contribution in [0.5, 0.6) is 6.01 Å². The van der Waals surface area contributed by atoms with Gasteiger partial charge in [0.2, 0.25) is 0 Å². The van der Waals surface area contributed by atoms with Gasteiger partial charge >= 0.3 is 6.01 Å². The number of likely N-dealkylation sites (tertiary alicyclic amines) is 1. The standard InChI is InChI=1S/C33H33ClF2N8O3/c1-20(35)31(46)44-12-11-43(16-27(44)38-19-37)30-23-7-10-42(26-4-2-3-21-5-6-24(36)29(34)28(21)26)15-25(23)39-32(40-30)47-18-33(8-9-33)17-41-13-22(45)14-41/h2-6,16,22,38,45H,1,7-15,17-18H2. The van der Waals surface area contributed by atoms with Crippen molar-refractivity contribution in [1.29, 1.82) is 5.26 Å². The Morgan fingerprint density at radius 1 is 1.21 bits per heavy atom. The fourth-order valence-corrected chi connectivity index (χ4v) is 6.90. The van der Waals surface area contributed by atoms with Crippen molar-refractivity contribution < 1.29 is 23.4 Å². The van der Waals surface area contributed by atoms with E-state index in [2.05, 4.69) is 21.7 Å². The minimum atomic E-state index is -1.13. The molecule has 1 aromatic heterocycles. The number of rotatable bonds is 9. The third-order valence-corrected chi connectivity index (χ3v) is 9.67. The molecular formula is C33H33ClF2N8O3. The zero-order valence-corrected chi connectivity index (χ0v) is 26.3. The second-order valence-corrected chi connectivity index (χ2v) is 13.0. The summed E-state index contributed by atoms with van der Waals surface area (Å²) in [6, 6.07) is 8.98. The minimum Gasteiger partial charge on any atom is -0.463 e. The first-order chi connectivity index (χ1) is 22.6. The number of aliphatic hydroxyl groups excluding tert-OH is 1. The van der Waals surface area contributed by atoms with Crippen molar-refractivity contribution in [3.05, 3.63) is 76.9 Å². The topological polar surface area (TPSA) is 121 Å². The van der Waals surface area contributed by atoms with Gasteiger partial charge in [0, 0.05) is 67.5 Å². The molecule has 2 N–H and O–H groups in total. The number of hydrogen-bond acceptors (Lipinski definition) is 10. The van der Waals surface area contributed by atoms with Gasteiger partial charge in [0.1, 0.15) is 17.5 Å². The molecular weight excluding hydrogens is 630 g/mol. The highest BCUT2D eigenvalue weighted by Crippen LogP contribution is 2.47. The first-order valence-corrected chi connectivity index (χ1v) is 15.9. The molecule has 1 amide bonds. The van der Waals surface area contributed by atoms with E-state index in [1.807, 2.05) is 29.3 Å². The Kier molecular flexibility index (Phi) is 8.11. The first-order valence-electron chi connectivity index (χ1n) is 15.5. The van der Waals surface area contributed by atoms with Gasteiger partial charge in [-0.15, -0.1) is 0 Å². The second-order valence-electron chi connectivity index (χ2n) is 12.6. The molecule has 0 unspecified atom stereocenters. The molecule has 0 atom stereocenters. The molecule has 244 valence electrons. The molecule has 14 heteroatoms. The molecule has 4 aliphatic rings. The molecule has 3 aliphatic heterocycles. The third-order valence-electron chi connectivity index (χ3n) is 9.30. The van der Waals surface area contributed by atoms with E-state index in [4.69, 9.17) is 26.3 Å². The number of carbonyl (C=O) groups excluding carboxylic acids is 1. The van der Waals surface area contributed by atoms with Crippen LogP contribution in [-0.2, 0) is 17.8 Å². The number of anilines is 2. The summed E-state index contributed by atoms with van der Waals surface area (Å²) in [5.74, 6) is -1.90. The van der Waals surface area contributed by atoms with Gasteiger partial charge in [-0.3, -0.25) is 19.9 Å². The molecule has 2 fully saturated rings. The summed E-state index contributed by atoms with van der Waals surface area (Å²) >= 11 is 6.48. The predicted octanol–water partition coefficient (Wildman–Crippen LogP) is 3.82. The summed E-state index contributed by atoms with van der Waals surface area (Å²) < 4.78 is 34.7. The van der Waals surface area contributed by atoms with Crippen molar-refractivity contribution in [3.63, 3.8) is 0 Å². The maximum absolute atomic E-state index is 14.6. The molecule has 1 aliphatic carbocycles. The van der Waals surface area contributed by atoms with Crippen LogP contribution in [0.25, 0.3) is 10.8 Å². The fourth-order valence-electron chi connectivity index (χ4n) is 6.63. The number of aliphatic hydroxyl groups is 1. The van der Waals surface area contributed by atoms with Crippen molar-refractivity contribution in [3.8, 4) is 12.2 Å². The highest BCUT2D eigenvalue weighted by Gasteiger charge is 2.47. The first kappa shape index (κ1) is 31.1. The van der Waals surface area contributed by atoms with Gasteiger partial charge in [0.15, 0.2) is 12.0 Å². The van der Waals surface area contributed by atoms with Gasteiger partial charge in [-0.2, -0.15) is 15.2 Å². The van der Waals surface area contributed by atoms with Crippen molar-refractivity contribution in [2.75, 3.05) is 55.7 Å². The number of hydrogen-bond donors (Lipinski definition) is 2. The lowest BCUT2D eigenvalue weighted by Crippen LogP contribution is -2.53. The van der Waals surface area contributed by atoms with E-state index in [1.165, 1.54) is 6.07 Å². The summed E-state index contributed by atoms with van der Waals surface area (Å²) in [4.78, 5) is 29.4. The zero-order valence-electron chi connectivity index (χ0n) is 25.6. The van der Waals surface area contributed by atoms with E-state index in [1.54, 1.807) is 12.3 Å². The lowest BCUT2D eigenvalue weighted by Gasteiger charge is -2.38. The van der Waals surface area contributed by atoms with Gasteiger partial charge in [0.25, 0.3) is 5.91 Å². The molecule has 1 saturated heterocycles. The third kappa shape index (κ3) is 6.04. The van der Waals surface area contributed by atoms with E-state index >= 15 is 0 Å². The molecule has 0 spiro atoms. The minimum absolute atomic E-state index is 0.0279. The number of nitrogens with zero attached hydrogens (tertiary/aromatic N) is 7. The van der Waals surface area contributed by atoms with Crippen LogP contribution < -0.4 is 19.9 Å². The smallest absolute Gasteiger partial charge is 0.318 e. The lowest BCUT2D eigenvalue weighted by atomic mass is 10.0. The van der Waals surface area contributed by atoms with Crippen molar-refractivity contribution >= 4 is 39.8 Å². The number of β-amino-alcohol motifs (C(OH)–C–C–N with tert-alkyl or cyclic N) is 1. The molecule has 0 bridgehead atoms. The lowest BCUT2D eigenvalue weighted by molar-refractivity contribution is -0.127. The SMILES string of the molecule is C=C(F)C(=O)N1CCN(c2nc(OCC3(CN4CC(O)C4)CC3)nc3c2CCN(c2cccc4ccc(F)c(Cl)c24)C3)C=C1NC#N. The van der Waals surface area contributed by atoms with Gasteiger partial charge in [-0.25, -0.2) is 8.78 Å². The Bertz CT molecular complexity index is 1840. The second kappa shape index (κ2) is 12.3. The van der Waals surface area contributed by atoms with Crippen LogP contribution in [0, 0.1) is 22.7 Å². The molecule has 11 nitrogen and oxygen atoms in total. The average Bonchev–Trinajstić information content (AvgIpc) is 3.83. The van der Waals surface area contributed by atoms with Crippen molar-refractivity contribution in [2.24, 2.45) is 5.41 Å². The Balaban J connectivity index is 1.23. The number of nitrogens with one attached hydrogen (secondary N) is 1. The quantitative estimate of drug-likeness (QED) is 0.199. The Hall–Kier alpha value is -4.51. The zero-order chi connectivity index (χ0) is 32.9. The Morgan fingerprint density at radius 2 is 2.02 bits per heavy atom. The monoisotopic (exact) mass is 662 g/mol. The molecule has 2 aromatic carbocycles. The fraction of sp³-hybridized carbons (Fsp3) is 0.394. The number of amides is 1. The molecule has 7 rings (SSSR count). The summed E-state index contributed by atoms with van der Waals surface area (Å²) in [6.45, 7) is 6.96. The summed E-state index contributed by atoms with van der Waals surface area (Å²) in [5.41, 5.74) is 2.34. The van der Waals surface area contributed by atoms with Crippen LogP contribution in [0.3, 0.4) is 0 Å². The Morgan fingerprint density at radius 3 is 2.74 bits per heavy atom.